The Labute approximate surface area is 321 Å². The summed E-state index contributed by atoms with van der Waals surface area (Å²) in [5, 5.41) is 3.66. The number of methoxy groups -OCH3 is 4. The number of benzene rings is 2. The summed E-state index contributed by atoms with van der Waals surface area (Å²) in [6.07, 6.45) is 21.3. The van der Waals surface area contributed by atoms with E-state index in [0.29, 0.717) is 23.2 Å². The molecular formula is C46H67N3O4. The van der Waals surface area contributed by atoms with Crippen LogP contribution in [-0.2, 0) is 6.42 Å². The number of aryl methyl sites for hydroxylation is 2. The molecule has 0 saturated heterocycles. The van der Waals surface area contributed by atoms with E-state index in [4.69, 9.17) is 18.9 Å². The Hall–Kier alpha value is -3.97. The zero-order valence-electron chi connectivity index (χ0n) is 34.1. The van der Waals surface area contributed by atoms with Gasteiger partial charge in [0.1, 0.15) is 5.75 Å². The fourth-order valence-corrected chi connectivity index (χ4v) is 7.42. The molecule has 1 aliphatic heterocycles. The number of allylic oxidation sites excluding steroid dienone is 2. The number of aromatic nitrogens is 1. The van der Waals surface area contributed by atoms with E-state index in [1.165, 1.54) is 105 Å². The molecule has 0 spiro atoms. The molecule has 7 heteroatoms. The number of unbranched alkanes of at least 4 members (excludes halogenated alkanes) is 4. The summed E-state index contributed by atoms with van der Waals surface area (Å²) in [6.45, 7) is 13.6. The largest absolute Gasteiger partial charge is 0.496 e. The lowest BCUT2D eigenvalue weighted by Crippen LogP contribution is -2.27. The van der Waals surface area contributed by atoms with Crippen molar-refractivity contribution in [2.75, 3.05) is 54.6 Å². The number of dihydropyridines is 1. The summed E-state index contributed by atoms with van der Waals surface area (Å²) in [4.78, 5) is 7.23. The van der Waals surface area contributed by atoms with Gasteiger partial charge in [-0.1, -0.05) is 64.7 Å². The van der Waals surface area contributed by atoms with E-state index in [2.05, 4.69) is 73.2 Å². The number of hydrogen-bond acceptors (Lipinski definition) is 7. The molecule has 0 unspecified atom stereocenters. The van der Waals surface area contributed by atoms with Crippen molar-refractivity contribution in [2.24, 2.45) is 0 Å². The van der Waals surface area contributed by atoms with Gasteiger partial charge in [-0.05, 0) is 131 Å². The summed E-state index contributed by atoms with van der Waals surface area (Å²) in [6, 6.07) is 12.6. The van der Waals surface area contributed by atoms with Gasteiger partial charge in [0.05, 0.1) is 34.1 Å². The molecule has 1 saturated carbocycles. The standard InChI is InChI=1S/C28H44N2O.C18H23NO3/c1-5-7-8-9-18-30(17-6-2)19-11-13-24-12-10-16-29-28(24)25-20-22(3)27(23-14-15-23)26(21-25)31-4;1-5-6-8-13-9-7-10-19-17(13)14-11-15(20-2)18(22-4)16(12-14)21-3/h10,12,20-21,23,29H,5-9,11,13-19H2,1-4H3;7,9-12H,5-6,8H2,1-4H3. The molecule has 2 aromatic carbocycles. The third-order valence-electron chi connectivity index (χ3n) is 10.3. The third kappa shape index (κ3) is 12.0. The molecule has 1 aliphatic carbocycles. The first kappa shape index (κ1) is 41.8. The van der Waals surface area contributed by atoms with E-state index >= 15 is 0 Å². The van der Waals surface area contributed by atoms with Crippen molar-refractivity contribution < 1.29 is 18.9 Å². The van der Waals surface area contributed by atoms with Crippen LogP contribution in [0, 0.1) is 6.92 Å². The average Bonchev–Trinajstić information content (AvgIpc) is 4.03. The Morgan fingerprint density at radius 3 is 2.08 bits per heavy atom. The van der Waals surface area contributed by atoms with E-state index in [0.717, 1.165) is 49.2 Å². The molecule has 0 atom stereocenters. The van der Waals surface area contributed by atoms with Gasteiger partial charge in [-0.2, -0.15) is 0 Å². The predicted molar refractivity (Wildman–Crippen MR) is 222 cm³/mol. The fourth-order valence-electron chi connectivity index (χ4n) is 7.42. The van der Waals surface area contributed by atoms with E-state index in [1.807, 2.05) is 31.5 Å². The van der Waals surface area contributed by atoms with E-state index in [-0.39, 0.29) is 0 Å². The highest BCUT2D eigenvalue weighted by atomic mass is 16.5. The number of ether oxygens (including phenoxy) is 4. The van der Waals surface area contributed by atoms with E-state index in [1.54, 1.807) is 21.3 Å². The summed E-state index contributed by atoms with van der Waals surface area (Å²) < 4.78 is 22.0. The molecule has 0 amide bonds. The first-order valence-corrected chi connectivity index (χ1v) is 20.2. The van der Waals surface area contributed by atoms with E-state index < -0.39 is 0 Å². The molecule has 1 N–H and O–H groups in total. The van der Waals surface area contributed by atoms with E-state index in [9.17, 15) is 0 Å². The maximum atomic E-state index is 5.81. The molecule has 0 radical (unpaired) electrons. The molecule has 2 heterocycles. The molecule has 53 heavy (non-hydrogen) atoms. The highest BCUT2D eigenvalue weighted by Gasteiger charge is 2.29. The zero-order valence-corrected chi connectivity index (χ0v) is 34.1. The van der Waals surface area contributed by atoms with Crippen LogP contribution in [0.15, 0.2) is 60.3 Å². The minimum atomic E-state index is 0.597. The van der Waals surface area contributed by atoms with Crippen LogP contribution >= 0.6 is 0 Å². The molecule has 5 rings (SSSR count). The quantitative estimate of drug-likeness (QED) is 0.110. The number of nitrogens with zero attached hydrogens (tertiary/aromatic N) is 2. The highest BCUT2D eigenvalue weighted by molar-refractivity contribution is 5.73. The minimum absolute atomic E-state index is 0.597. The van der Waals surface area contributed by atoms with Gasteiger partial charge in [0.2, 0.25) is 5.75 Å². The summed E-state index contributed by atoms with van der Waals surface area (Å²) >= 11 is 0. The molecule has 290 valence electrons. The molecule has 0 bridgehead atoms. The Kier molecular flexibility index (Phi) is 17.6. The molecular weight excluding hydrogens is 659 g/mol. The normalized spacial score (nSPS) is 13.8. The topological polar surface area (TPSA) is 65.1 Å². The lowest BCUT2D eigenvalue weighted by molar-refractivity contribution is 0.264. The molecule has 2 aliphatic rings. The van der Waals surface area contributed by atoms with Gasteiger partial charge >= 0.3 is 0 Å². The van der Waals surface area contributed by atoms with Crippen molar-refractivity contribution in [2.45, 2.75) is 111 Å². The fraction of sp³-hybridized carbons (Fsp3) is 0.543. The van der Waals surface area contributed by atoms with Crippen molar-refractivity contribution >= 4 is 5.70 Å². The minimum Gasteiger partial charge on any atom is -0.496 e. The third-order valence-corrected chi connectivity index (χ3v) is 10.3. The Balaban J connectivity index is 0.000000251. The first-order chi connectivity index (χ1) is 25.9. The smallest absolute Gasteiger partial charge is 0.203 e. The van der Waals surface area contributed by atoms with Crippen molar-refractivity contribution in [3.63, 3.8) is 0 Å². The highest BCUT2D eigenvalue weighted by Crippen LogP contribution is 2.47. The number of rotatable bonds is 21. The summed E-state index contributed by atoms with van der Waals surface area (Å²) in [5.74, 6) is 3.66. The van der Waals surface area contributed by atoms with Crippen LogP contribution in [0.5, 0.6) is 23.0 Å². The van der Waals surface area contributed by atoms with Gasteiger partial charge in [-0.25, -0.2) is 0 Å². The first-order valence-electron chi connectivity index (χ1n) is 20.2. The maximum Gasteiger partial charge on any atom is 0.203 e. The maximum absolute atomic E-state index is 5.81. The van der Waals surface area contributed by atoms with Crippen LogP contribution in [-0.4, -0.2) is 64.5 Å². The van der Waals surface area contributed by atoms with Crippen LogP contribution in [0.2, 0.25) is 0 Å². The molecule has 1 aromatic heterocycles. The van der Waals surface area contributed by atoms with Crippen LogP contribution in [0.4, 0.5) is 0 Å². The second-order valence-corrected chi connectivity index (χ2v) is 14.4. The summed E-state index contributed by atoms with van der Waals surface area (Å²) in [5.41, 5.74) is 10.0. The van der Waals surface area contributed by atoms with Gasteiger partial charge in [0.15, 0.2) is 11.5 Å². The van der Waals surface area contributed by atoms with Gasteiger partial charge < -0.3 is 29.2 Å². The van der Waals surface area contributed by atoms with Gasteiger partial charge in [-0.15, -0.1) is 0 Å². The number of pyridine rings is 1. The predicted octanol–water partition coefficient (Wildman–Crippen LogP) is 10.9. The average molecular weight is 726 g/mol. The van der Waals surface area contributed by atoms with Crippen molar-refractivity contribution in [1.82, 2.24) is 15.2 Å². The molecule has 7 nitrogen and oxygen atoms in total. The monoisotopic (exact) mass is 726 g/mol. The zero-order chi connectivity index (χ0) is 38.0. The lowest BCUT2D eigenvalue weighted by Gasteiger charge is -2.24. The lowest BCUT2D eigenvalue weighted by atomic mass is 9.94. The summed E-state index contributed by atoms with van der Waals surface area (Å²) in [7, 11) is 6.67. The Morgan fingerprint density at radius 1 is 0.736 bits per heavy atom. The Morgan fingerprint density at radius 2 is 1.43 bits per heavy atom. The van der Waals surface area contributed by atoms with Gasteiger partial charge in [0, 0.05) is 35.1 Å². The van der Waals surface area contributed by atoms with Crippen LogP contribution < -0.4 is 24.3 Å². The van der Waals surface area contributed by atoms with Crippen molar-refractivity contribution in [3.05, 3.63) is 82.6 Å². The number of nitrogens with one attached hydrogen (secondary N) is 1. The molecule has 3 aromatic rings. The number of hydrogen-bond donors (Lipinski definition) is 1. The van der Waals surface area contributed by atoms with Crippen LogP contribution in [0.3, 0.4) is 0 Å². The Bertz CT molecular complexity index is 1600. The van der Waals surface area contributed by atoms with Gasteiger partial charge in [0.25, 0.3) is 0 Å². The molecule has 1 fully saturated rings. The SMILES string of the molecule is CCCCCCN(CCC)CCCC1=C(c2cc(C)c(C3CC3)c(OC)c2)NCC=C1.CCCCc1cccnc1-c1cc(OC)c(OC)c(OC)c1. The van der Waals surface area contributed by atoms with Crippen LogP contribution in [0.25, 0.3) is 17.0 Å². The van der Waals surface area contributed by atoms with Crippen molar-refractivity contribution in [1.29, 1.82) is 0 Å². The second kappa shape index (κ2) is 22.3. The van der Waals surface area contributed by atoms with Gasteiger partial charge in [-0.3, -0.25) is 4.98 Å². The van der Waals surface area contributed by atoms with Crippen molar-refractivity contribution in [3.8, 4) is 34.3 Å². The van der Waals surface area contributed by atoms with Crippen LogP contribution in [0.1, 0.15) is 120 Å². The second-order valence-electron chi connectivity index (χ2n) is 14.4.